The lowest BCUT2D eigenvalue weighted by Gasteiger charge is -2.36. The van der Waals surface area contributed by atoms with Gasteiger partial charge in [0.2, 0.25) is 0 Å². The Balaban J connectivity index is 1.63. The first-order chi connectivity index (χ1) is 14.3. The molecule has 2 aliphatic rings. The second-order valence-electron chi connectivity index (χ2n) is 7.58. The van der Waals surface area contributed by atoms with Crippen molar-refractivity contribution in [2.45, 2.75) is 25.3 Å². The predicted molar refractivity (Wildman–Crippen MR) is 112 cm³/mol. The first-order valence-corrected chi connectivity index (χ1v) is 10.0. The van der Waals surface area contributed by atoms with Crippen LogP contribution >= 0.6 is 0 Å². The number of fused-ring (bicyclic) bond motifs is 3. The standard InChI is InChI=1S/C25H21N3O/c26-16-17-10-12-19(13-11-17)25(29)28-15-14-21-20-8-4-5-9-22(20)27-23(21)24(28)18-6-2-1-3-7-18/h1-3,6-13,24,27H,4-5,14-15H2. The van der Waals surface area contributed by atoms with Crippen molar-refractivity contribution >= 4 is 18.1 Å². The van der Waals surface area contributed by atoms with E-state index in [1.165, 1.54) is 16.1 Å². The van der Waals surface area contributed by atoms with E-state index in [0.29, 0.717) is 17.7 Å². The Labute approximate surface area is 169 Å². The molecule has 5 rings (SSSR count). The minimum absolute atomic E-state index is 0.00507. The van der Waals surface area contributed by atoms with Gasteiger partial charge in [-0.1, -0.05) is 42.5 Å². The Morgan fingerprint density at radius 1 is 1.03 bits per heavy atom. The fraction of sp³-hybridized carbons (Fsp3) is 0.200. The van der Waals surface area contributed by atoms with Crippen LogP contribution in [-0.2, 0) is 6.42 Å². The average Bonchev–Trinajstić information content (AvgIpc) is 3.17. The number of aromatic amines is 1. The van der Waals surface area contributed by atoms with E-state index < -0.39 is 0 Å². The van der Waals surface area contributed by atoms with Crippen molar-refractivity contribution < 1.29 is 4.79 Å². The highest BCUT2D eigenvalue weighted by Gasteiger charge is 2.34. The number of rotatable bonds is 2. The molecule has 1 unspecified atom stereocenters. The zero-order valence-electron chi connectivity index (χ0n) is 16.1. The molecule has 0 saturated heterocycles. The maximum atomic E-state index is 13.4. The summed E-state index contributed by atoms with van der Waals surface area (Å²) in [5.41, 5.74) is 4.75. The van der Waals surface area contributed by atoms with E-state index >= 15 is 0 Å². The van der Waals surface area contributed by atoms with Crippen molar-refractivity contribution in [3.05, 3.63) is 93.1 Å². The molecule has 0 saturated carbocycles. The van der Waals surface area contributed by atoms with Crippen LogP contribution in [0, 0.1) is 11.3 Å². The topological polar surface area (TPSA) is 59.9 Å². The lowest BCUT2D eigenvalue weighted by molar-refractivity contribution is 0.0691. The Morgan fingerprint density at radius 3 is 2.55 bits per heavy atom. The molecule has 29 heavy (non-hydrogen) atoms. The van der Waals surface area contributed by atoms with Gasteiger partial charge in [0.25, 0.3) is 5.91 Å². The van der Waals surface area contributed by atoms with Crippen LogP contribution in [0.15, 0.2) is 54.6 Å². The fourth-order valence-electron chi connectivity index (χ4n) is 4.52. The number of benzene rings is 2. The first-order valence-electron chi connectivity index (χ1n) is 10.0. The van der Waals surface area contributed by atoms with Crippen LogP contribution in [0.1, 0.15) is 51.6 Å². The molecule has 0 fully saturated rings. The van der Waals surface area contributed by atoms with Gasteiger partial charge in [-0.25, -0.2) is 0 Å². The van der Waals surface area contributed by atoms with Crippen LogP contribution < -0.4 is 10.6 Å². The molecule has 1 amide bonds. The lowest BCUT2D eigenvalue weighted by Crippen LogP contribution is -2.41. The van der Waals surface area contributed by atoms with Crippen LogP contribution in [0.5, 0.6) is 0 Å². The number of carbonyl (C=O) groups is 1. The van der Waals surface area contributed by atoms with Crippen molar-refractivity contribution in [3.63, 3.8) is 0 Å². The second kappa shape index (κ2) is 7.10. The third-order valence-electron chi connectivity index (χ3n) is 5.90. The fourth-order valence-corrected chi connectivity index (χ4v) is 4.52. The van der Waals surface area contributed by atoms with Gasteiger partial charge in [-0.05, 0) is 59.9 Å². The van der Waals surface area contributed by atoms with E-state index in [9.17, 15) is 4.79 Å². The molecule has 1 N–H and O–H groups in total. The van der Waals surface area contributed by atoms with Crippen molar-refractivity contribution in [1.82, 2.24) is 9.88 Å². The zero-order chi connectivity index (χ0) is 19.8. The van der Waals surface area contributed by atoms with Gasteiger partial charge in [0, 0.05) is 23.2 Å². The van der Waals surface area contributed by atoms with Crippen molar-refractivity contribution in [2.24, 2.45) is 0 Å². The van der Waals surface area contributed by atoms with E-state index in [0.717, 1.165) is 30.5 Å². The molecule has 1 aliphatic carbocycles. The van der Waals surface area contributed by atoms with Crippen molar-refractivity contribution in [2.75, 3.05) is 6.54 Å². The van der Waals surface area contributed by atoms with Gasteiger partial charge >= 0.3 is 0 Å². The average molecular weight is 379 g/mol. The van der Waals surface area contributed by atoms with Gasteiger partial charge in [0.05, 0.1) is 17.7 Å². The SMILES string of the molecule is N#Cc1ccc(C(=O)N2CCc3c([nH]c4c3=CCCC=4)C2c2ccccc2)cc1. The van der Waals surface area contributed by atoms with E-state index in [2.05, 4.69) is 35.3 Å². The molecule has 0 radical (unpaired) electrons. The summed E-state index contributed by atoms with van der Waals surface area (Å²) in [5.74, 6) is -0.00507. The minimum atomic E-state index is -0.143. The van der Waals surface area contributed by atoms with Crippen LogP contribution in [-0.4, -0.2) is 22.3 Å². The molecular weight excluding hydrogens is 358 g/mol. The maximum Gasteiger partial charge on any atom is 0.254 e. The summed E-state index contributed by atoms with van der Waals surface area (Å²) >= 11 is 0. The number of carbonyl (C=O) groups excluding carboxylic acids is 1. The minimum Gasteiger partial charge on any atom is -0.356 e. The number of aromatic nitrogens is 1. The number of nitrogens with one attached hydrogen (secondary N) is 1. The van der Waals surface area contributed by atoms with Crippen LogP contribution in [0.25, 0.3) is 12.2 Å². The normalized spacial score (nSPS) is 17.3. The highest BCUT2D eigenvalue weighted by atomic mass is 16.2. The van der Waals surface area contributed by atoms with Crippen LogP contribution in [0.4, 0.5) is 0 Å². The lowest BCUT2D eigenvalue weighted by atomic mass is 9.92. The summed E-state index contributed by atoms with van der Waals surface area (Å²) in [6.07, 6.45) is 7.56. The van der Waals surface area contributed by atoms with E-state index in [1.54, 1.807) is 24.3 Å². The summed E-state index contributed by atoms with van der Waals surface area (Å²) in [6, 6.07) is 19.1. The van der Waals surface area contributed by atoms with Crippen LogP contribution in [0.2, 0.25) is 0 Å². The number of nitrogens with zero attached hydrogens (tertiary/aromatic N) is 2. The summed E-state index contributed by atoms with van der Waals surface area (Å²) in [7, 11) is 0. The second-order valence-corrected chi connectivity index (χ2v) is 7.58. The summed E-state index contributed by atoms with van der Waals surface area (Å²) in [5, 5.41) is 11.5. The molecule has 2 heterocycles. The maximum absolute atomic E-state index is 13.4. The third-order valence-corrected chi connectivity index (χ3v) is 5.90. The molecule has 1 aromatic heterocycles. The summed E-state index contributed by atoms with van der Waals surface area (Å²) in [6.45, 7) is 0.670. The quantitative estimate of drug-likeness (QED) is 0.744. The van der Waals surface area contributed by atoms with Gasteiger partial charge in [0.15, 0.2) is 0 Å². The number of H-pyrrole nitrogens is 1. The predicted octanol–water partition coefficient (Wildman–Crippen LogP) is 3.03. The molecule has 1 aliphatic heterocycles. The third kappa shape index (κ3) is 2.96. The molecule has 0 spiro atoms. The molecule has 142 valence electrons. The largest absolute Gasteiger partial charge is 0.356 e. The highest BCUT2D eigenvalue weighted by Crippen LogP contribution is 2.33. The smallest absolute Gasteiger partial charge is 0.254 e. The molecule has 0 bridgehead atoms. The van der Waals surface area contributed by atoms with Gasteiger partial charge in [0.1, 0.15) is 0 Å². The molecule has 2 aromatic carbocycles. The number of amides is 1. The van der Waals surface area contributed by atoms with E-state index in [-0.39, 0.29) is 11.9 Å². The Morgan fingerprint density at radius 2 is 1.79 bits per heavy atom. The molecular formula is C25H21N3O. The van der Waals surface area contributed by atoms with Crippen molar-refractivity contribution in [3.8, 4) is 6.07 Å². The Kier molecular flexibility index (Phi) is 4.29. The van der Waals surface area contributed by atoms with Gasteiger partial charge in [-0.15, -0.1) is 0 Å². The summed E-state index contributed by atoms with van der Waals surface area (Å²) < 4.78 is 0. The summed E-state index contributed by atoms with van der Waals surface area (Å²) in [4.78, 5) is 19.0. The number of nitriles is 1. The molecule has 4 heteroatoms. The van der Waals surface area contributed by atoms with E-state index in [1.807, 2.05) is 23.1 Å². The number of hydrogen-bond acceptors (Lipinski definition) is 2. The molecule has 4 nitrogen and oxygen atoms in total. The first kappa shape index (κ1) is 17.5. The highest BCUT2D eigenvalue weighted by molar-refractivity contribution is 5.95. The molecule has 1 atom stereocenters. The van der Waals surface area contributed by atoms with Crippen LogP contribution in [0.3, 0.4) is 0 Å². The zero-order valence-corrected chi connectivity index (χ0v) is 16.1. The molecule has 3 aromatic rings. The monoisotopic (exact) mass is 379 g/mol. The Hall–Kier alpha value is -3.58. The Bertz CT molecular complexity index is 1230. The number of hydrogen-bond donors (Lipinski definition) is 1. The van der Waals surface area contributed by atoms with Gasteiger partial charge < -0.3 is 9.88 Å². The van der Waals surface area contributed by atoms with Gasteiger partial charge in [-0.2, -0.15) is 5.26 Å². The van der Waals surface area contributed by atoms with E-state index in [4.69, 9.17) is 5.26 Å². The van der Waals surface area contributed by atoms with Crippen molar-refractivity contribution in [1.29, 1.82) is 5.26 Å². The van der Waals surface area contributed by atoms with Gasteiger partial charge in [-0.3, -0.25) is 4.79 Å².